The monoisotopic (exact) mass is 287 g/mol. The zero-order chi connectivity index (χ0) is 14.9. The van der Waals surface area contributed by atoms with Crippen molar-refractivity contribution in [2.45, 2.75) is 77.7 Å². The van der Waals surface area contributed by atoms with Crippen LogP contribution in [0.2, 0.25) is 0 Å². The second kappa shape index (κ2) is 9.25. The highest BCUT2D eigenvalue weighted by molar-refractivity contribution is 5.35. The molecular formula is C20H33N. The zero-order valence-electron chi connectivity index (χ0n) is 14.0. The van der Waals surface area contributed by atoms with Gasteiger partial charge in [-0.25, -0.2) is 0 Å². The van der Waals surface area contributed by atoms with Crippen LogP contribution in [0.3, 0.4) is 0 Å². The Labute approximate surface area is 131 Å². The largest absolute Gasteiger partial charge is 0.310 e. The second-order valence-corrected chi connectivity index (χ2v) is 6.61. The Morgan fingerprint density at radius 2 is 1.67 bits per heavy atom. The minimum absolute atomic E-state index is 0.603. The van der Waals surface area contributed by atoms with Crippen molar-refractivity contribution < 1.29 is 0 Å². The number of rotatable bonds is 10. The molecule has 0 saturated carbocycles. The first kappa shape index (κ1) is 16.5. The highest BCUT2D eigenvalue weighted by Gasteiger charge is 2.30. The van der Waals surface area contributed by atoms with Crippen molar-refractivity contribution in [3.05, 3.63) is 35.4 Å². The summed E-state index contributed by atoms with van der Waals surface area (Å²) in [5.41, 5.74) is 3.14. The van der Waals surface area contributed by atoms with Gasteiger partial charge >= 0.3 is 0 Å². The summed E-state index contributed by atoms with van der Waals surface area (Å²) in [6.07, 6.45) is 12.6. The molecule has 0 radical (unpaired) electrons. The normalized spacial score (nSPS) is 20.7. The molecule has 0 amide bonds. The predicted octanol–water partition coefficient (Wildman–Crippen LogP) is 5.65. The zero-order valence-corrected chi connectivity index (χ0v) is 14.0. The van der Waals surface area contributed by atoms with Crippen LogP contribution in [0, 0.1) is 5.92 Å². The second-order valence-electron chi connectivity index (χ2n) is 6.61. The van der Waals surface area contributed by atoms with Gasteiger partial charge in [0.15, 0.2) is 0 Å². The van der Waals surface area contributed by atoms with Crippen LogP contribution >= 0.6 is 0 Å². The lowest BCUT2D eigenvalue weighted by Crippen LogP contribution is -2.25. The topological polar surface area (TPSA) is 12.0 Å². The van der Waals surface area contributed by atoms with Gasteiger partial charge in [0.2, 0.25) is 0 Å². The molecule has 0 heterocycles. The van der Waals surface area contributed by atoms with Gasteiger partial charge in [-0.1, -0.05) is 83.1 Å². The molecule has 2 unspecified atom stereocenters. The van der Waals surface area contributed by atoms with Crippen LogP contribution in [-0.2, 0) is 6.42 Å². The summed E-state index contributed by atoms with van der Waals surface area (Å²) in [6, 6.07) is 9.64. The Morgan fingerprint density at radius 3 is 2.43 bits per heavy atom. The van der Waals surface area contributed by atoms with Gasteiger partial charge in [0.1, 0.15) is 0 Å². The van der Waals surface area contributed by atoms with E-state index in [1.807, 2.05) is 0 Å². The van der Waals surface area contributed by atoms with E-state index in [-0.39, 0.29) is 0 Å². The lowest BCUT2D eigenvalue weighted by Gasteiger charge is -2.21. The van der Waals surface area contributed by atoms with E-state index in [0.717, 1.165) is 12.5 Å². The van der Waals surface area contributed by atoms with Gasteiger partial charge in [-0.2, -0.15) is 0 Å². The SMILES string of the molecule is CCCCCCCCCC1Cc2ccccc2C1NCC. The number of benzene rings is 1. The smallest absolute Gasteiger partial charge is 0.0354 e. The fourth-order valence-corrected chi connectivity index (χ4v) is 3.81. The van der Waals surface area contributed by atoms with Crippen molar-refractivity contribution >= 4 is 0 Å². The van der Waals surface area contributed by atoms with Crippen molar-refractivity contribution in [1.29, 1.82) is 0 Å². The summed E-state index contributed by atoms with van der Waals surface area (Å²) in [7, 11) is 0. The highest BCUT2D eigenvalue weighted by Crippen LogP contribution is 2.38. The van der Waals surface area contributed by atoms with Gasteiger partial charge in [0.05, 0.1) is 0 Å². The van der Waals surface area contributed by atoms with Gasteiger partial charge < -0.3 is 5.32 Å². The van der Waals surface area contributed by atoms with Crippen molar-refractivity contribution in [3.63, 3.8) is 0 Å². The highest BCUT2D eigenvalue weighted by atomic mass is 14.9. The molecule has 21 heavy (non-hydrogen) atoms. The minimum Gasteiger partial charge on any atom is -0.310 e. The van der Waals surface area contributed by atoms with E-state index >= 15 is 0 Å². The van der Waals surface area contributed by atoms with Crippen LogP contribution in [-0.4, -0.2) is 6.54 Å². The fourth-order valence-electron chi connectivity index (χ4n) is 3.81. The van der Waals surface area contributed by atoms with Crippen LogP contribution < -0.4 is 5.32 Å². The fraction of sp³-hybridized carbons (Fsp3) is 0.700. The van der Waals surface area contributed by atoms with Crippen molar-refractivity contribution in [2.24, 2.45) is 5.92 Å². The lowest BCUT2D eigenvalue weighted by atomic mass is 9.93. The van der Waals surface area contributed by atoms with Crippen LogP contribution in [0.5, 0.6) is 0 Å². The summed E-state index contributed by atoms with van der Waals surface area (Å²) >= 11 is 0. The molecule has 1 aliphatic rings. The quantitative estimate of drug-likeness (QED) is 0.548. The van der Waals surface area contributed by atoms with Gasteiger partial charge in [0.25, 0.3) is 0 Å². The third-order valence-electron chi connectivity index (χ3n) is 4.95. The van der Waals surface area contributed by atoms with Crippen LogP contribution in [0.25, 0.3) is 0 Å². The Morgan fingerprint density at radius 1 is 0.952 bits per heavy atom. The Hall–Kier alpha value is -0.820. The maximum absolute atomic E-state index is 3.72. The molecule has 0 saturated heterocycles. The molecular weight excluding hydrogens is 254 g/mol. The minimum atomic E-state index is 0.603. The van der Waals surface area contributed by atoms with Gasteiger partial charge in [0, 0.05) is 6.04 Å². The summed E-state index contributed by atoms with van der Waals surface area (Å²) in [4.78, 5) is 0. The molecule has 2 atom stereocenters. The number of unbranched alkanes of at least 4 members (excludes halogenated alkanes) is 6. The Balaban J connectivity index is 1.73. The van der Waals surface area contributed by atoms with Crippen LogP contribution in [0.4, 0.5) is 0 Å². The maximum atomic E-state index is 3.72. The van der Waals surface area contributed by atoms with Crippen molar-refractivity contribution in [3.8, 4) is 0 Å². The van der Waals surface area contributed by atoms with Crippen LogP contribution in [0.1, 0.15) is 82.4 Å². The van der Waals surface area contributed by atoms with E-state index in [4.69, 9.17) is 0 Å². The molecule has 0 bridgehead atoms. The molecule has 0 fully saturated rings. The molecule has 118 valence electrons. The molecule has 1 N–H and O–H groups in total. The van der Waals surface area contributed by atoms with Crippen molar-refractivity contribution in [2.75, 3.05) is 6.54 Å². The van der Waals surface area contributed by atoms with E-state index in [1.54, 1.807) is 11.1 Å². The third kappa shape index (κ3) is 4.85. The van der Waals surface area contributed by atoms with Crippen molar-refractivity contribution in [1.82, 2.24) is 5.32 Å². The van der Waals surface area contributed by atoms with E-state index in [9.17, 15) is 0 Å². The molecule has 2 rings (SSSR count). The Kier molecular flexibility index (Phi) is 7.29. The summed E-state index contributed by atoms with van der Waals surface area (Å²) in [5, 5.41) is 3.72. The summed E-state index contributed by atoms with van der Waals surface area (Å²) in [6.45, 7) is 5.59. The van der Waals surface area contributed by atoms with Crippen LogP contribution in [0.15, 0.2) is 24.3 Å². The molecule has 1 aliphatic carbocycles. The Bertz CT molecular complexity index is 399. The summed E-state index contributed by atoms with van der Waals surface area (Å²) in [5.74, 6) is 0.818. The summed E-state index contributed by atoms with van der Waals surface area (Å²) < 4.78 is 0. The molecule has 1 aromatic rings. The third-order valence-corrected chi connectivity index (χ3v) is 4.95. The first-order chi connectivity index (χ1) is 10.4. The van der Waals surface area contributed by atoms with Gasteiger partial charge in [-0.15, -0.1) is 0 Å². The predicted molar refractivity (Wildman–Crippen MR) is 92.7 cm³/mol. The standard InChI is InChI=1S/C20H33N/c1-3-5-6-7-8-9-10-14-18-16-17-13-11-12-15-19(17)20(18)21-4-2/h11-13,15,18,20-21H,3-10,14,16H2,1-2H3. The first-order valence-electron chi connectivity index (χ1n) is 9.18. The average molecular weight is 287 g/mol. The average Bonchev–Trinajstić information content (AvgIpc) is 2.85. The molecule has 0 aromatic heterocycles. The van der Waals surface area contributed by atoms with E-state index in [0.29, 0.717) is 6.04 Å². The number of hydrogen-bond acceptors (Lipinski definition) is 1. The van der Waals surface area contributed by atoms with E-state index < -0.39 is 0 Å². The molecule has 1 heteroatoms. The number of nitrogens with one attached hydrogen (secondary N) is 1. The molecule has 0 spiro atoms. The van der Waals surface area contributed by atoms with Gasteiger partial charge in [-0.05, 0) is 36.4 Å². The van der Waals surface area contributed by atoms with E-state index in [1.165, 1.54) is 57.8 Å². The molecule has 1 aromatic carbocycles. The number of hydrogen-bond donors (Lipinski definition) is 1. The number of fused-ring (bicyclic) bond motifs is 1. The van der Waals surface area contributed by atoms with E-state index in [2.05, 4.69) is 43.4 Å². The molecule has 0 aliphatic heterocycles. The van der Waals surface area contributed by atoms with Gasteiger partial charge in [-0.3, -0.25) is 0 Å². The first-order valence-corrected chi connectivity index (χ1v) is 9.18. The lowest BCUT2D eigenvalue weighted by molar-refractivity contribution is 0.358. The maximum Gasteiger partial charge on any atom is 0.0354 e. The molecule has 1 nitrogen and oxygen atoms in total.